The summed E-state index contributed by atoms with van der Waals surface area (Å²) in [6, 6.07) is 3.34. The molecule has 20 heavy (non-hydrogen) atoms. The minimum atomic E-state index is -4.74. The van der Waals surface area contributed by atoms with Crippen molar-refractivity contribution in [2.45, 2.75) is 12.2 Å². The summed E-state index contributed by atoms with van der Waals surface area (Å²) in [5, 5.41) is 0. The van der Waals surface area contributed by atoms with Gasteiger partial charge < -0.3 is 0 Å². The van der Waals surface area contributed by atoms with Crippen LogP contribution in [0.4, 0.5) is 17.6 Å². The number of alkyl halides is 3. The summed E-state index contributed by atoms with van der Waals surface area (Å²) in [7, 11) is 0. The summed E-state index contributed by atoms with van der Waals surface area (Å²) < 4.78 is 51.0. The molecule has 0 radical (unpaired) electrons. The van der Waals surface area contributed by atoms with Crippen molar-refractivity contribution in [2.24, 2.45) is 5.84 Å². The smallest absolute Gasteiger partial charge is 0.270 e. The second-order valence-corrected chi connectivity index (χ2v) is 3.94. The van der Waals surface area contributed by atoms with Gasteiger partial charge in [-0.15, -0.1) is 0 Å². The van der Waals surface area contributed by atoms with Crippen molar-refractivity contribution in [1.82, 2.24) is 15.4 Å². The van der Waals surface area contributed by atoms with Crippen molar-refractivity contribution in [3.63, 3.8) is 0 Å². The highest BCUT2D eigenvalue weighted by Gasteiger charge is 2.34. The van der Waals surface area contributed by atoms with Crippen LogP contribution < -0.4 is 11.3 Å². The molecular weight excluding hydrogens is 276 g/mol. The molecule has 2 aromatic rings. The third-order valence-electron chi connectivity index (χ3n) is 2.64. The fraction of sp³-hybridized carbons (Fsp3) is 0.167. The molecule has 3 N–H and O–H groups in total. The highest BCUT2D eigenvalue weighted by Crippen LogP contribution is 2.32. The molecule has 0 fully saturated rings. The summed E-state index contributed by atoms with van der Waals surface area (Å²) in [6.07, 6.45) is -1.84. The van der Waals surface area contributed by atoms with Gasteiger partial charge in [0.25, 0.3) is 0 Å². The first-order chi connectivity index (χ1) is 9.43. The number of nitrogens with one attached hydrogen (secondary N) is 1. The molecule has 106 valence electrons. The number of rotatable bonds is 3. The lowest BCUT2D eigenvalue weighted by molar-refractivity contribution is -0.140. The van der Waals surface area contributed by atoms with Gasteiger partial charge in [-0.1, -0.05) is 6.07 Å². The van der Waals surface area contributed by atoms with E-state index < -0.39 is 23.6 Å². The standard InChI is InChI=1S/C12H10F4N4/c13-9-6-7(2-3-8(9)12(14,15)16)10(20-17)11-18-4-1-5-19-11/h1-6,10,20H,17H2. The molecule has 1 atom stereocenters. The van der Waals surface area contributed by atoms with Crippen LogP contribution in [0.5, 0.6) is 0 Å². The molecule has 0 spiro atoms. The van der Waals surface area contributed by atoms with E-state index in [2.05, 4.69) is 15.4 Å². The van der Waals surface area contributed by atoms with E-state index in [0.29, 0.717) is 6.07 Å². The third-order valence-corrected chi connectivity index (χ3v) is 2.64. The molecule has 0 bridgehead atoms. The highest BCUT2D eigenvalue weighted by molar-refractivity contribution is 5.31. The summed E-state index contributed by atoms with van der Waals surface area (Å²) in [5.41, 5.74) is 1.22. The first-order valence-electron chi connectivity index (χ1n) is 5.53. The van der Waals surface area contributed by atoms with Crippen LogP contribution in [-0.2, 0) is 6.18 Å². The summed E-state index contributed by atoms with van der Waals surface area (Å²) >= 11 is 0. The zero-order valence-electron chi connectivity index (χ0n) is 10.0. The Bertz CT molecular complexity index is 586. The van der Waals surface area contributed by atoms with Crippen LogP contribution in [0.25, 0.3) is 0 Å². The monoisotopic (exact) mass is 286 g/mol. The number of nitrogens with zero attached hydrogens (tertiary/aromatic N) is 2. The zero-order chi connectivity index (χ0) is 14.8. The molecule has 1 heterocycles. The van der Waals surface area contributed by atoms with Crippen LogP contribution in [0.2, 0.25) is 0 Å². The van der Waals surface area contributed by atoms with Gasteiger partial charge in [0.05, 0.1) is 5.56 Å². The Hall–Kier alpha value is -2.06. The fourth-order valence-electron chi connectivity index (χ4n) is 1.72. The number of nitrogens with two attached hydrogens (primary N) is 1. The normalized spacial score (nSPS) is 13.2. The molecule has 0 amide bonds. The predicted octanol–water partition coefficient (Wildman–Crippen LogP) is 2.19. The molecule has 0 saturated carbocycles. The largest absolute Gasteiger partial charge is 0.419 e. The van der Waals surface area contributed by atoms with Crippen LogP contribution in [0, 0.1) is 5.82 Å². The van der Waals surface area contributed by atoms with Crippen molar-refractivity contribution in [1.29, 1.82) is 0 Å². The number of benzene rings is 1. The Labute approximate surface area is 111 Å². The van der Waals surface area contributed by atoms with Gasteiger partial charge in [0, 0.05) is 12.4 Å². The van der Waals surface area contributed by atoms with Crippen LogP contribution in [0.15, 0.2) is 36.7 Å². The number of halogens is 4. The Kier molecular flexibility index (Phi) is 3.96. The quantitative estimate of drug-likeness (QED) is 0.516. The minimum Gasteiger partial charge on any atom is -0.270 e. The maximum atomic E-state index is 13.5. The van der Waals surface area contributed by atoms with E-state index in [0.717, 1.165) is 12.1 Å². The Morgan fingerprint density at radius 1 is 1.15 bits per heavy atom. The molecule has 0 saturated heterocycles. The van der Waals surface area contributed by atoms with E-state index in [4.69, 9.17) is 5.84 Å². The van der Waals surface area contributed by atoms with E-state index in [1.54, 1.807) is 6.07 Å². The zero-order valence-corrected chi connectivity index (χ0v) is 10.0. The minimum absolute atomic E-state index is 0.198. The SMILES string of the molecule is NNC(c1ccc(C(F)(F)F)c(F)c1)c1ncccn1. The van der Waals surface area contributed by atoms with Crippen molar-refractivity contribution in [3.05, 3.63) is 59.4 Å². The molecule has 1 aromatic heterocycles. The number of hydrogen-bond donors (Lipinski definition) is 2. The molecule has 4 nitrogen and oxygen atoms in total. The average molecular weight is 286 g/mol. The van der Waals surface area contributed by atoms with Crippen LogP contribution in [0.1, 0.15) is 23.0 Å². The summed E-state index contributed by atoms with van der Waals surface area (Å²) in [4.78, 5) is 7.86. The first-order valence-corrected chi connectivity index (χ1v) is 5.53. The highest BCUT2D eigenvalue weighted by atomic mass is 19.4. The van der Waals surface area contributed by atoms with Crippen molar-refractivity contribution in [3.8, 4) is 0 Å². The van der Waals surface area contributed by atoms with E-state index in [1.807, 2.05) is 0 Å². The maximum absolute atomic E-state index is 13.5. The second kappa shape index (κ2) is 5.51. The number of hydrazine groups is 1. The Morgan fingerprint density at radius 2 is 1.80 bits per heavy atom. The number of hydrogen-bond acceptors (Lipinski definition) is 4. The predicted molar refractivity (Wildman–Crippen MR) is 62.6 cm³/mol. The number of aromatic nitrogens is 2. The lowest BCUT2D eigenvalue weighted by Gasteiger charge is -2.16. The fourth-order valence-corrected chi connectivity index (χ4v) is 1.72. The lowest BCUT2D eigenvalue weighted by atomic mass is 10.0. The average Bonchev–Trinajstić information content (AvgIpc) is 2.39. The Balaban J connectivity index is 2.40. The summed E-state index contributed by atoms with van der Waals surface area (Å²) in [6.45, 7) is 0. The van der Waals surface area contributed by atoms with Gasteiger partial charge in [-0.2, -0.15) is 13.2 Å². The van der Waals surface area contributed by atoms with Crippen LogP contribution in [-0.4, -0.2) is 9.97 Å². The van der Waals surface area contributed by atoms with Gasteiger partial charge >= 0.3 is 6.18 Å². The molecule has 8 heteroatoms. The van der Waals surface area contributed by atoms with Gasteiger partial charge in [0.1, 0.15) is 11.9 Å². The van der Waals surface area contributed by atoms with Gasteiger partial charge in [-0.05, 0) is 23.8 Å². The van der Waals surface area contributed by atoms with Crippen LogP contribution >= 0.6 is 0 Å². The third kappa shape index (κ3) is 2.91. The lowest BCUT2D eigenvalue weighted by Crippen LogP contribution is -2.30. The molecule has 0 aliphatic heterocycles. The maximum Gasteiger partial charge on any atom is 0.419 e. The first kappa shape index (κ1) is 14.4. The molecule has 1 unspecified atom stereocenters. The molecule has 0 aliphatic carbocycles. The topological polar surface area (TPSA) is 63.8 Å². The van der Waals surface area contributed by atoms with Crippen molar-refractivity contribution in [2.75, 3.05) is 0 Å². The molecule has 1 aromatic carbocycles. The molecule has 0 aliphatic rings. The van der Waals surface area contributed by atoms with Gasteiger partial charge in [-0.3, -0.25) is 5.84 Å². The summed E-state index contributed by atoms with van der Waals surface area (Å²) in [5.74, 6) is 4.20. The molecular formula is C12H10F4N4. The second-order valence-electron chi connectivity index (χ2n) is 3.94. The van der Waals surface area contributed by atoms with E-state index >= 15 is 0 Å². The van der Waals surface area contributed by atoms with Crippen LogP contribution in [0.3, 0.4) is 0 Å². The Morgan fingerprint density at radius 3 is 2.30 bits per heavy atom. The van der Waals surface area contributed by atoms with E-state index in [1.165, 1.54) is 12.4 Å². The molecule has 2 rings (SSSR count). The van der Waals surface area contributed by atoms with Gasteiger partial charge in [-0.25, -0.2) is 19.8 Å². The van der Waals surface area contributed by atoms with E-state index in [-0.39, 0.29) is 11.4 Å². The van der Waals surface area contributed by atoms with Gasteiger partial charge in [0.15, 0.2) is 5.82 Å². The van der Waals surface area contributed by atoms with Gasteiger partial charge in [0.2, 0.25) is 0 Å². The van der Waals surface area contributed by atoms with Crippen molar-refractivity contribution < 1.29 is 17.6 Å². The van der Waals surface area contributed by atoms with E-state index in [9.17, 15) is 17.6 Å². The van der Waals surface area contributed by atoms with Crippen molar-refractivity contribution >= 4 is 0 Å².